The third-order valence-corrected chi connectivity index (χ3v) is 4.22. The molecule has 148 valence electrons. The molecule has 0 aliphatic heterocycles. The average Bonchev–Trinajstić information content (AvgIpc) is 3.23. The van der Waals surface area contributed by atoms with Gasteiger partial charge in [0, 0.05) is 6.42 Å². The summed E-state index contributed by atoms with van der Waals surface area (Å²) in [5.41, 5.74) is 0.717. The highest BCUT2D eigenvalue weighted by molar-refractivity contribution is 6.36. The first-order valence-electron chi connectivity index (χ1n) is 8.67. The summed E-state index contributed by atoms with van der Waals surface area (Å²) in [6, 6.07) is 13.4. The van der Waals surface area contributed by atoms with E-state index in [1.54, 1.807) is 36.4 Å². The van der Waals surface area contributed by atoms with Crippen molar-refractivity contribution in [1.29, 1.82) is 0 Å². The Kier molecular flexibility index (Phi) is 6.13. The van der Waals surface area contributed by atoms with Crippen LogP contribution < -0.4 is 5.32 Å². The Morgan fingerprint density at radius 1 is 1.10 bits per heavy atom. The second-order valence-corrected chi connectivity index (χ2v) is 6.12. The zero-order valence-electron chi connectivity index (χ0n) is 15.4. The molecule has 1 atom stereocenters. The first kappa shape index (κ1) is 19.9. The molecule has 1 amide bonds. The van der Waals surface area contributed by atoms with Gasteiger partial charge in [0.15, 0.2) is 5.76 Å². The van der Waals surface area contributed by atoms with Gasteiger partial charge in [0.2, 0.25) is 0 Å². The average molecular weight is 396 g/mol. The van der Waals surface area contributed by atoms with Crippen molar-refractivity contribution in [2.45, 2.75) is 12.5 Å². The second-order valence-electron chi connectivity index (χ2n) is 6.12. The number of carbonyl (C=O) groups excluding carboxylic acids is 3. The van der Waals surface area contributed by atoms with Crippen LogP contribution in [0.3, 0.4) is 0 Å². The number of benzene rings is 2. The maximum absolute atomic E-state index is 14.1. The predicted molar refractivity (Wildman–Crippen MR) is 100 cm³/mol. The maximum atomic E-state index is 14.1. The smallest absolute Gasteiger partial charge is 0.376 e. The van der Waals surface area contributed by atoms with Gasteiger partial charge in [-0.05, 0) is 17.7 Å². The van der Waals surface area contributed by atoms with Gasteiger partial charge in [-0.15, -0.1) is 0 Å². The fraction of sp³-hybridized carbons (Fsp3) is 0.143. The molecule has 0 aliphatic carbocycles. The quantitative estimate of drug-likeness (QED) is 0.487. The Morgan fingerprint density at radius 2 is 1.79 bits per heavy atom. The summed E-state index contributed by atoms with van der Waals surface area (Å²) < 4.78 is 23.6. The van der Waals surface area contributed by atoms with Crippen LogP contribution in [-0.2, 0) is 20.7 Å². The molecule has 8 heteroatoms. The Hall–Kier alpha value is -3.81. The number of hydrogen-bond donors (Lipinski definition) is 1. The van der Waals surface area contributed by atoms with E-state index < -0.39 is 29.5 Å². The summed E-state index contributed by atoms with van der Waals surface area (Å²) in [6.07, 6.45) is 1.19. The number of aromatic nitrogens is 1. The zero-order chi connectivity index (χ0) is 20.8. The lowest BCUT2D eigenvalue weighted by Crippen LogP contribution is -2.45. The summed E-state index contributed by atoms with van der Waals surface area (Å²) in [4.78, 5) is 36.9. The largest absolute Gasteiger partial charge is 0.463 e. The van der Waals surface area contributed by atoms with Crippen LogP contribution >= 0.6 is 0 Å². The van der Waals surface area contributed by atoms with Gasteiger partial charge in [0.05, 0.1) is 18.9 Å². The fourth-order valence-corrected chi connectivity index (χ4v) is 2.78. The molecule has 0 aliphatic rings. The SMILES string of the molecule is COC(=O)C(=O)C(Cc1ccccc1)NC(=O)c1cnoc1-c1ccccc1F. The number of ketones is 1. The number of Topliss-reactive ketones (excluding diaryl/α,β-unsaturated/α-hetero) is 1. The lowest BCUT2D eigenvalue weighted by atomic mass is 10.0. The molecule has 1 unspecified atom stereocenters. The Bertz CT molecular complexity index is 1030. The van der Waals surface area contributed by atoms with E-state index in [0.717, 1.165) is 18.9 Å². The molecule has 0 saturated carbocycles. The number of nitrogens with zero attached hydrogens (tertiary/aromatic N) is 1. The summed E-state index contributed by atoms with van der Waals surface area (Å²) in [5, 5.41) is 6.07. The van der Waals surface area contributed by atoms with E-state index in [0.29, 0.717) is 0 Å². The number of amides is 1. The van der Waals surface area contributed by atoms with E-state index in [4.69, 9.17) is 4.52 Å². The van der Waals surface area contributed by atoms with Gasteiger partial charge >= 0.3 is 5.97 Å². The summed E-state index contributed by atoms with van der Waals surface area (Å²) >= 11 is 0. The molecule has 3 rings (SSSR count). The topological polar surface area (TPSA) is 98.5 Å². The van der Waals surface area contributed by atoms with E-state index in [1.165, 1.54) is 18.2 Å². The molecule has 1 N–H and O–H groups in total. The number of halogens is 1. The fourth-order valence-electron chi connectivity index (χ4n) is 2.78. The highest BCUT2D eigenvalue weighted by Crippen LogP contribution is 2.26. The number of hydrogen-bond acceptors (Lipinski definition) is 6. The molecule has 1 heterocycles. The number of carbonyl (C=O) groups is 3. The van der Waals surface area contributed by atoms with Crippen LogP contribution in [0.1, 0.15) is 15.9 Å². The van der Waals surface area contributed by atoms with Crippen molar-refractivity contribution in [1.82, 2.24) is 10.5 Å². The van der Waals surface area contributed by atoms with E-state index >= 15 is 0 Å². The lowest BCUT2D eigenvalue weighted by molar-refractivity contribution is -0.152. The molecule has 1 aromatic heterocycles. The first-order valence-corrected chi connectivity index (χ1v) is 8.67. The number of ether oxygens (including phenoxy) is 1. The van der Waals surface area contributed by atoms with Crippen molar-refractivity contribution < 1.29 is 28.0 Å². The number of rotatable bonds is 7. The monoisotopic (exact) mass is 396 g/mol. The van der Waals surface area contributed by atoms with Crippen LogP contribution in [0, 0.1) is 5.82 Å². The Balaban J connectivity index is 1.87. The van der Waals surface area contributed by atoms with Crippen molar-refractivity contribution in [2.24, 2.45) is 0 Å². The van der Waals surface area contributed by atoms with Gasteiger partial charge in [0.25, 0.3) is 11.7 Å². The third kappa shape index (κ3) is 4.55. The molecule has 0 saturated heterocycles. The van der Waals surface area contributed by atoms with E-state index in [-0.39, 0.29) is 23.3 Å². The minimum atomic E-state index is -1.18. The maximum Gasteiger partial charge on any atom is 0.376 e. The van der Waals surface area contributed by atoms with E-state index in [1.807, 2.05) is 0 Å². The van der Waals surface area contributed by atoms with Crippen LogP contribution in [0.2, 0.25) is 0 Å². The Labute approximate surface area is 165 Å². The highest BCUT2D eigenvalue weighted by atomic mass is 19.1. The van der Waals surface area contributed by atoms with Crippen molar-refractivity contribution in [3.05, 3.63) is 77.7 Å². The molecule has 0 radical (unpaired) electrons. The van der Waals surface area contributed by atoms with Crippen LogP contribution in [0.25, 0.3) is 11.3 Å². The molecule has 0 bridgehead atoms. The van der Waals surface area contributed by atoms with Gasteiger partial charge in [-0.3, -0.25) is 9.59 Å². The molecule has 2 aromatic carbocycles. The molecular weight excluding hydrogens is 379 g/mol. The zero-order valence-corrected chi connectivity index (χ0v) is 15.4. The minimum absolute atomic E-state index is 0.0500. The van der Waals surface area contributed by atoms with Gasteiger partial charge in [-0.1, -0.05) is 47.6 Å². The second kappa shape index (κ2) is 8.92. The summed E-state index contributed by atoms with van der Waals surface area (Å²) in [7, 11) is 1.08. The van der Waals surface area contributed by atoms with Gasteiger partial charge in [0.1, 0.15) is 17.4 Å². The minimum Gasteiger partial charge on any atom is -0.463 e. The van der Waals surface area contributed by atoms with E-state index in [9.17, 15) is 18.8 Å². The van der Waals surface area contributed by atoms with Crippen LogP contribution in [0.15, 0.2) is 65.3 Å². The standard InChI is InChI=1S/C21H17FN2O5/c1-28-21(27)18(25)17(11-13-7-3-2-4-8-13)24-20(26)15-12-23-29-19(15)14-9-5-6-10-16(14)22/h2-10,12,17H,11H2,1H3,(H,24,26). The number of nitrogens with one attached hydrogen (secondary N) is 1. The summed E-state index contributed by atoms with van der Waals surface area (Å²) in [5.74, 6) is -3.39. The molecule has 29 heavy (non-hydrogen) atoms. The van der Waals surface area contributed by atoms with Gasteiger partial charge in [-0.25, -0.2) is 9.18 Å². The molecule has 0 spiro atoms. The molecule has 7 nitrogen and oxygen atoms in total. The van der Waals surface area contributed by atoms with Crippen LogP contribution in [0.5, 0.6) is 0 Å². The van der Waals surface area contributed by atoms with Crippen molar-refractivity contribution in [3.8, 4) is 11.3 Å². The van der Waals surface area contributed by atoms with E-state index in [2.05, 4.69) is 15.2 Å². The number of methoxy groups -OCH3 is 1. The highest BCUT2D eigenvalue weighted by Gasteiger charge is 2.30. The summed E-state index contributed by atoms with van der Waals surface area (Å²) in [6.45, 7) is 0. The molecule has 3 aromatic rings. The van der Waals surface area contributed by atoms with Crippen molar-refractivity contribution in [2.75, 3.05) is 7.11 Å². The van der Waals surface area contributed by atoms with Gasteiger partial charge in [-0.2, -0.15) is 0 Å². The lowest BCUT2D eigenvalue weighted by Gasteiger charge is -2.16. The van der Waals surface area contributed by atoms with Crippen molar-refractivity contribution in [3.63, 3.8) is 0 Å². The normalized spacial score (nSPS) is 11.5. The molecular formula is C21H17FN2O5. The number of esters is 1. The van der Waals surface area contributed by atoms with Gasteiger partial charge < -0.3 is 14.6 Å². The molecule has 0 fully saturated rings. The van der Waals surface area contributed by atoms with Crippen LogP contribution in [-0.4, -0.2) is 36.0 Å². The first-order chi connectivity index (χ1) is 14.0. The Morgan fingerprint density at radius 3 is 2.48 bits per heavy atom. The van der Waals surface area contributed by atoms with Crippen LogP contribution in [0.4, 0.5) is 4.39 Å². The predicted octanol–water partition coefficient (Wildman–Crippen LogP) is 2.56. The third-order valence-electron chi connectivity index (χ3n) is 4.22. The van der Waals surface area contributed by atoms with Crippen molar-refractivity contribution >= 4 is 17.7 Å².